The monoisotopic (exact) mass is 401 g/mol. The summed E-state index contributed by atoms with van der Waals surface area (Å²) in [5.74, 6) is 2.34. The summed E-state index contributed by atoms with van der Waals surface area (Å²) in [7, 11) is 0. The molecule has 0 aliphatic heterocycles. The van der Waals surface area contributed by atoms with Crippen molar-refractivity contribution in [2.24, 2.45) is 0 Å². The third-order valence-electron chi connectivity index (χ3n) is 4.09. The van der Waals surface area contributed by atoms with Crippen LogP contribution in [0.25, 0.3) is 12.2 Å². The summed E-state index contributed by atoms with van der Waals surface area (Å²) in [6, 6.07) is 27.6. The van der Waals surface area contributed by atoms with Crippen LogP contribution in [0.2, 0.25) is 0 Å². The Hall–Kier alpha value is -3.63. The minimum Gasteiger partial charge on any atom is -0.457 e. The minimum absolute atomic E-state index is 0. The molecule has 0 unspecified atom stereocenters. The maximum absolute atomic E-state index is 5.83. The smallest absolute Gasteiger partial charge is 0.141 e. The molecule has 0 aliphatic rings. The van der Waals surface area contributed by atoms with E-state index in [-0.39, 0.29) is 12.4 Å². The Balaban J connectivity index is 0.00000240. The molecule has 0 fully saturated rings. The van der Waals surface area contributed by atoms with Gasteiger partial charge >= 0.3 is 0 Å². The van der Waals surface area contributed by atoms with E-state index < -0.39 is 0 Å². The fourth-order valence-electron chi connectivity index (χ4n) is 2.68. The fourth-order valence-corrected chi connectivity index (χ4v) is 2.68. The predicted octanol–water partition coefficient (Wildman–Crippen LogP) is 6.60. The molecule has 144 valence electrons. The van der Waals surface area contributed by atoms with Crippen LogP contribution in [0.3, 0.4) is 0 Å². The van der Waals surface area contributed by atoms with Crippen molar-refractivity contribution in [3.8, 4) is 11.5 Å². The van der Waals surface area contributed by atoms with Gasteiger partial charge in [0, 0.05) is 17.4 Å². The van der Waals surface area contributed by atoms with Crippen molar-refractivity contribution < 1.29 is 4.74 Å². The van der Waals surface area contributed by atoms with Crippen LogP contribution in [-0.4, -0.2) is 9.97 Å². The number of para-hydroxylation sites is 1. The molecule has 0 bridgehead atoms. The van der Waals surface area contributed by atoms with Crippen molar-refractivity contribution in [1.82, 2.24) is 9.97 Å². The van der Waals surface area contributed by atoms with E-state index in [0.717, 1.165) is 34.1 Å². The van der Waals surface area contributed by atoms with E-state index in [9.17, 15) is 0 Å². The first-order chi connectivity index (χ1) is 13.9. The second kappa shape index (κ2) is 10.1. The van der Waals surface area contributed by atoms with Gasteiger partial charge in [-0.3, -0.25) is 0 Å². The van der Waals surface area contributed by atoms with Crippen LogP contribution >= 0.6 is 12.4 Å². The molecule has 1 N–H and O–H groups in total. The molecule has 0 saturated carbocycles. The second-order valence-corrected chi connectivity index (χ2v) is 6.14. The van der Waals surface area contributed by atoms with E-state index in [0.29, 0.717) is 0 Å². The Morgan fingerprint density at radius 3 is 2.10 bits per heavy atom. The minimum atomic E-state index is 0. The summed E-state index contributed by atoms with van der Waals surface area (Å²) in [6.07, 6.45) is 7.38. The van der Waals surface area contributed by atoms with Gasteiger partial charge in [0.1, 0.15) is 23.6 Å². The van der Waals surface area contributed by atoms with Crippen LogP contribution in [-0.2, 0) is 0 Å². The van der Waals surface area contributed by atoms with Crippen molar-refractivity contribution in [2.75, 3.05) is 5.32 Å². The molecule has 0 saturated heterocycles. The fraction of sp³-hybridized carbons (Fsp3) is 0. The van der Waals surface area contributed by atoms with Crippen LogP contribution in [0.4, 0.5) is 11.5 Å². The maximum Gasteiger partial charge on any atom is 0.141 e. The van der Waals surface area contributed by atoms with E-state index in [4.69, 9.17) is 4.74 Å². The summed E-state index contributed by atoms with van der Waals surface area (Å²) in [6.45, 7) is 0. The topological polar surface area (TPSA) is 47.0 Å². The van der Waals surface area contributed by atoms with Gasteiger partial charge in [0.25, 0.3) is 0 Å². The first-order valence-corrected chi connectivity index (χ1v) is 9.00. The molecule has 4 nitrogen and oxygen atoms in total. The van der Waals surface area contributed by atoms with Crippen molar-refractivity contribution in [3.63, 3.8) is 0 Å². The Morgan fingerprint density at radius 2 is 1.38 bits per heavy atom. The zero-order chi connectivity index (χ0) is 19.0. The number of aromatic nitrogens is 2. The lowest BCUT2D eigenvalue weighted by atomic mass is 10.2. The molecular formula is C24H20ClN3O. The van der Waals surface area contributed by atoms with Crippen molar-refractivity contribution in [2.45, 2.75) is 0 Å². The number of rotatable bonds is 6. The van der Waals surface area contributed by atoms with Crippen LogP contribution < -0.4 is 10.1 Å². The van der Waals surface area contributed by atoms with Crippen LogP contribution in [0.15, 0.2) is 97.5 Å². The van der Waals surface area contributed by atoms with Gasteiger partial charge in [-0.15, -0.1) is 12.4 Å². The molecule has 5 heteroatoms. The summed E-state index contributed by atoms with van der Waals surface area (Å²) in [5, 5.41) is 3.34. The summed E-state index contributed by atoms with van der Waals surface area (Å²) < 4.78 is 5.83. The summed E-state index contributed by atoms with van der Waals surface area (Å²) >= 11 is 0. The Kier molecular flexibility index (Phi) is 6.98. The number of ether oxygens (including phenoxy) is 1. The van der Waals surface area contributed by atoms with Gasteiger partial charge in [0.15, 0.2) is 0 Å². The van der Waals surface area contributed by atoms with Crippen molar-refractivity contribution >= 4 is 36.1 Å². The highest BCUT2D eigenvalue weighted by atomic mass is 35.5. The molecule has 0 amide bonds. The highest BCUT2D eigenvalue weighted by Crippen LogP contribution is 2.25. The first-order valence-electron chi connectivity index (χ1n) is 9.00. The third-order valence-corrected chi connectivity index (χ3v) is 4.09. The quantitative estimate of drug-likeness (QED) is 0.395. The molecule has 4 rings (SSSR count). The zero-order valence-electron chi connectivity index (χ0n) is 15.6. The molecule has 1 heterocycles. The molecular weight excluding hydrogens is 382 g/mol. The number of halogens is 1. The highest BCUT2D eigenvalue weighted by molar-refractivity contribution is 5.85. The second-order valence-electron chi connectivity index (χ2n) is 6.14. The zero-order valence-corrected chi connectivity index (χ0v) is 16.4. The van der Waals surface area contributed by atoms with Crippen LogP contribution in [0, 0.1) is 0 Å². The highest BCUT2D eigenvalue weighted by Gasteiger charge is 2.03. The van der Waals surface area contributed by atoms with Gasteiger partial charge in [-0.25, -0.2) is 9.97 Å². The number of nitrogens with zero attached hydrogens (tertiary/aromatic N) is 2. The maximum atomic E-state index is 5.83. The van der Waals surface area contributed by atoms with E-state index in [2.05, 4.69) is 27.4 Å². The molecule has 4 aromatic rings. The number of benzene rings is 3. The lowest BCUT2D eigenvalue weighted by molar-refractivity contribution is 0.483. The number of hydrogen-bond donors (Lipinski definition) is 1. The summed E-state index contributed by atoms with van der Waals surface area (Å²) in [4.78, 5) is 8.51. The first kappa shape index (κ1) is 20.1. The average Bonchev–Trinajstić information content (AvgIpc) is 2.76. The van der Waals surface area contributed by atoms with Crippen molar-refractivity contribution in [1.29, 1.82) is 0 Å². The number of anilines is 2. The molecule has 0 aliphatic carbocycles. The lowest BCUT2D eigenvalue weighted by Gasteiger charge is -2.10. The van der Waals surface area contributed by atoms with Gasteiger partial charge in [-0.2, -0.15) is 0 Å². The molecule has 0 spiro atoms. The lowest BCUT2D eigenvalue weighted by Crippen LogP contribution is -1.97. The molecule has 29 heavy (non-hydrogen) atoms. The predicted molar refractivity (Wildman–Crippen MR) is 121 cm³/mol. The van der Waals surface area contributed by atoms with E-state index in [1.807, 2.05) is 84.9 Å². The van der Waals surface area contributed by atoms with Crippen LogP contribution in [0.5, 0.6) is 11.5 Å². The molecule has 0 radical (unpaired) electrons. The number of hydrogen-bond acceptors (Lipinski definition) is 4. The van der Waals surface area contributed by atoms with Gasteiger partial charge in [-0.05, 0) is 48.0 Å². The normalized spacial score (nSPS) is 10.3. The Bertz CT molecular complexity index is 1050. The Morgan fingerprint density at radius 1 is 0.724 bits per heavy atom. The van der Waals surface area contributed by atoms with E-state index >= 15 is 0 Å². The van der Waals surface area contributed by atoms with Crippen molar-refractivity contribution in [3.05, 3.63) is 109 Å². The standard InChI is InChI=1S/C24H19N3O.ClH/c1-3-7-19(8-4-1)11-12-20-17-25-18-26-24(20)27-21-13-15-23(16-14-21)28-22-9-5-2-6-10-22;/h1-18H,(H,25,26,27);1H/b12-11+;. The third kappa shape index (κ3) is 5.67. The van der Waals surface area contributed by atoms with Gasteiger partial charge in [0.05, 0.1) is 0 Å². The Labute approximate surface area is 176 Å². The average molecular weight is 402 g/mol. The van der Waals surface area contributed by atoms with Gasteiger partial charge in [0.2, 0.25) is 0 Å². The summed E-state index contributed by atoms with van der Waals surface area (Å²) in [5.41, 5.74) is 2.96. The van der Waals surface area contributed by atoms with Crippen LogP contribution in [0.1, 0.15) is 11.1 Å². The SMILES string of the molecule is C(=C\c1cncnc1Nc1ccc(Oc2ccccc2)cc1)/c1ccccc1.Cl. The van der Waals surface area contributed by atoms with E-state index in [1.165, 1.54) is 6.33 Å². The largest absolute Gasteiger partial charge is 0.457 e. The molecule has 1 aromatic heterocycles. The number of nitrogens with one attached hydrogen (secondary N) is 1. The van der Waals surface area contributed by atoms with Gasteiger partial charge < -0.3 is 10.1 Å². The van der Waals surface area contributed by atoms with E-state index in [1.54, 1.807) is 6.20 Å². The molecule has 0 atom stereocenters. The van der Waals surface area contributed by atoms with Gasteiger partial charge in [-0.1, -0.05) is 54.6 Å². The molecule has 3 aromatic carbocycles.